The Morgan fingerprint density at radius 2 is 2.37 bits per heavy atom. The second-order valence-electron chi connectivity index (χ2n) is 5.27. The summed E-state index contributed by atoms with van der Waals surface area (Å²) in [6.45, 7) is 2.13. The van der Waals surface area contributed by atoms with Crippen LogP contribution in [0.4, 0.5) is 11.6 Å². The fourth-order valence-electron chi connectivity index (χ4n) is 2.33. The van der Waals surface area contributed by atoms with E-state index in [-0.39, 0.29) is 5.69 Å². The largest absolute Gasteiger partial charge is 0.353 e. The molecule has 19 heavy (non-hydrogen) atoms. The van der Waals surface area contributed by atoms with Gasteiger partial charge in [-0.2, -0.15) is 0 Å². The quantitative estimate of drug-likeness (QED) is 0.639. The summed E-state index contributed by atoms with van der Waals surface area (Å²) < 4.78 is 0. The van der Waals surface area contributed by atoms with E-state index in [2.05, 4.69) is 22.2 Å². The minimum absolute atomic E-state index is 0.0775. The third kappa shape index (κ3) is 2.67. The van der Waals surface area contributed by atoms with Crippen LogP contribution in [0.3, 0.4) is 0 Å². The lowest BCUT2D eigenvalue weighted by Crippen LogP contribution is -2.16. The molecule has 3 rings (SSSR count). The second-order valence-corrected chi connectivity index (χ2v) is 5.27. The molecule has 1 heterocycles. The minimum atomic E-state index is -0.400. The maximum Gasteiger partial charge on any atom is 0.271 e. The Morgan fingerprint density at radius 3 is 3.05 bits per heavy atom. The SMILES string of the molecule is CC(CC1CC1)Nc1nc2ccc([N+](=O)[O-])cc2[nH]1. The van der Waals surface area contributed by atoms with Gasteiger partial charge in [0.25, 0.3) is 5.69 Å². The number of anilines is 1. The molecule has 0 aliphatic heterocycles. The molecule has 1 atom stereocenters. The average molecular weight is 260 g/mol. The Bertz CT molecular complexity index is 618. The number of fused-ring (bicyclic) bond motifs is 1. The molecule has 0 amide bonds. The molecule has 6 nitrogen and oxygen atoms in total. The predicted octanol–water partition coefficient (Wildman–Crippen LogP) is 3.07. The molecule has 6 heteroatoms. The van der Waals surface area contributed by atoms with Crippen LogP contribution < -0.4 is 5.32 Å². The maximum atomic E-state index is 10.7. The number of aromatic nitrogens is 2. The highest BCUT2D eigenvalue weighted by atomic mass is 16.6. The molecular weight excluding hydrogens is 244 g/mol. The molecule has 0 radical (unpaired) electrons. The van der Waals surface area contributed by atoms with Gasteiger partial charge in [-0.15, -0.1) is 0 Å². The molecular formula is C13H16N4O2. The summed E-state index contributed by atoms with van der Waals surface area (Å²) in [4.78, 5) is 17.8. The Labute approximate surface area is 110 Å². The van der Waals surface area contributed by atoms with Crippen LogP contribution in [-0.2, 0) is 0 Å². The summed E-state index contributed by atoms with van der Waals surface area (Å²) in [5.41, 5.74) is 1.51. The lowest BCUT2D eigenvalue weighted by molar-refractivity contribution is -0.384. The molecule has 1 fully saturated rings. The van der Waals surface area contributed by atoms with Gasteiger partial charge < -0.3 is 10.3 Å². The van der Waals surface area contributed by atoms with Crippen molar-refractivity contribution in [1.29, 1.82) is 0 Å². The Kier molecular flexibility index (Phi) is 2.85. The maximum absolute atomic E-state index is 10.7. The first-order valence-electron chi connectivity index (χ1n) is 6.52. The van der Waals surface area contributed by atoms with Crippen LogP contribution in [0.1, 0.15) is 26.2 Å². The van der Waals surface area contributed by atoms with Crippen LogP contribution in [0.25, 0.3) is 11.0 Å². The monoisotopic (exact) mass is 260 g/mol. The van der Waals surface area contributed by atoms with Crippen molar-refractivity contribution in [3.05, 3.63) is 28.3 Å². The number of nitro benzene ring substituents is 1. The van der Waals surface area contributed by atoms with Crippen LogP contribution in [-0.4, -0.2) is 20.9 Å². The molecule has 1 aromatic heterocycles. The number of nitrogens with zero attached hydrogens (tertiary/aromatic N) is 2. The number of hydrogen-bond donors (Lipinski definition) is 2. The summed E-state index contributed by atoms with van der Waals surface area (Å²) >= 11 is 0. The van der Waals surface area contributed by atoms with Gasteiger partial charge in [0.2, 0.25) is 5.95 Å². The van der Waals surface area contributed by atoms with Crippen molar-refractivity contribution in [2.75, 3.05) is 5.32 Å². The molecule has 2 aromatic rings. The van der Waals surface area contributed by atoms with E-state index in [1.54, 1.807) is 6.07 Å². The van der Waals surface area contributed by atoms with Gasteiger partial charge >= 0.3 is 0 Å². The average Bonchev–Trinajstić information content (AvgIpc) is 3.06. The number of aromatic amines is 1. The van der Waals surface area contributed by atoms with Crippen molar-refractivity contribution in [1.82, 2.24) is 9.97 Å². The smallest absolute Gasteiger partial charge is 0.271 e. The first-order valence-corrected chi connectivity index (χ1v) is 6.52. The molecule has 2 N–H and O–H groups in total. The van der Waals surface area contributed by atoms with E-state index in [4.69, 9.17) is 0 Å². The summed E-state index contributed by atoms with van der Waals surface area (Å²) in [5.74, 6) is 1.54. The zero-order valence-corrected chi connectivity index (χ0v) is 10.7. The summed E-state index contributed by atoms with van der Waals surface area (Å²) in [6.07, 6.45) is 3.81. The highest BCUT2D eigenvalue weighted by Crippen LogP contribution is 2.34. The normalized spacial score (nSPS) is 16.5. The van der Waals surface area contributed by atoms with Gasteiger partial charge in [0.05, 0.1) is 16.0 Å². The van der Waals surface area contributed by atoms with Gasteiger partial charge in [0.15, 0.2) is 0 Å². The van der Waals surface area contributed by atoms with E-state index in [0.717, 1.165) is 17.9 Å². The zero-order chi connectivity index (χ0) is 13.4. The number of H-pyrrole nitrogens is 1. The fourth-order valence-corrected chi connectivity index (χ4v) is 2.33. The minimum Gasteiger partial charge on any atom is -0.353 e. The lowest BCUT2D eigenvalue weighted by atomic mass is 10.2. The van der Waals surface area contributed by atoms with E-state index in [9.17, 15) is 10.1 Å². The van der Waals surface area contributed by atoms with Gasteiger partial charge in [-0.1, -0.05) is 12.8 Å². The molecule has 100 valence electrons. The topological polar surface area (TPSA) is 83.8 Å². The van der Waals surface area contributed by atoms with Gasteiger partial charge in [-0.3, -0.25) is 10.1 Å². The summed E-state index contributed by atoms with van der Waals surface area (Å²) in [6, 6.07) is 5.02. The lowest BCUT2D eigenvalue weighted by Gasteiger charge is -2.11. The molecule has 1 unspecified atom stereocenters. The van der Waals surface area contributed by atoms with Gasteiger partial charge in [-0.25, -0.2) is 4.98 Å². The number of imidazole rings is 1. The Hall–Kier alpha value is -2.11. The molecule has 1 saturated carbocycles. The van der Waals surface area contributed by atoms with Crippen LogP contribution in [0, 0.1) is 16.0 Å². The van der Waals surface area contributed by atoms with Crippen LogP contribution >= 0.6 is 0 Å². The number of nitrogens with one attached hydrogen (secondary N) is 2. The third-order valence-corrected chi connectivity index (χ3v) is 3.44. The van der Waals surface area contributed by atoms with Crippen LogP contribution in [0.5, 0.6) is 0 Å². The van der Waals surface area contributed by atoms with Crippen molar-refractivity contribution >= 4 is 22.7 Å². The van der Waals surface area contributed by atoms with Gasteiger partial charge in [0.1, 0.15) is 0 Å². The summed E-state index contributed by atoms with van der Waals surface area (Å²) in [7, 11) is 0. The van der Waals surface area contributed by atoms with Crippen LogP contribution in [0.15, 0.2) is 18.2 Å². The van der Waals surface area contributed by atoms with Gasteiger partial charge in [-0.05, 0) is 25.3 Å². The highest BCUT2D eigenvalue weighted by molar-refractivity contribution is 5.79. The zero-order valence-electron chi connectivity index (χ0n) is 10.7. The number of rotatable bonds is 5. The summed E-state index contributed by atoms with van der Waals surface area (Å²) in [5, 5.41) is 14.0. The highest BCUT2D eigenvalue weighted by Gasteiger charge is 2.23. The van der Waals surface area contributed by atoms with E-state index >= 15 is 0 Å². The van der Waals surface area contributed by atoms with Crippen molar-refractivity contribution in [3.8, 4) is 0 Å². The Balaban J connectivity index is 1.78. The number of nitro groups is 1. The molecule has 1 aliphatic carbocycles. The fraction of sp³-hybridized carbons (Fsp3) is 0.462. The Morgan fingerprint density at radius 1 is 1.58 bits per heavy atom. The van der Waals surface area contributed by atoms with E-state index in [1.165, 1.54) is 25.0 Å². The van der Waals surface area contributed by atoms with Crippen molar-refractivity contribution < 1.29 is 4.92 Å². The number of hydrogen-bond acceptors (Lipinski definition) is 4. The molecule has 0 bridgehead atoms. The van der Waals surface area contributed by atoms with Crippen molar-refractivity contribution in [3.63, 3.8) is 0 Å². The first kappa shape index (κ1) is 12.0. The van der Waals surface area contributed by atoms with Crippen molar-refractivity contribution in [2.45, 2.75) is 32.2 Å². The van der Waals surface area contributed by atoms with E-state index in [1.807, 2.05) is 0 Å². The van der Waals surface area contributed by atoms with Crippen LogP contribution in [0.2, 0.25) is 0 Å². The number of non-ortho nitro benzene ring substituents is 1. The van der Waals surface area contributed by atoms with E-state index < -0.39 is 4.92 Å². The third-order valence-electron chi connectivity index (χ3n) is 3.44. The van der Waals surface area contributed by atoms with Crippen molar-refractivity contribution in [2.24, 2.45) is 5.92 Å². The first-order chi connectivity index (χ1) is 9.11. The second kappa shape index (κ2) is 4.53. The van der Waals surface area contributed by atoms with E-state index in [0.29, 0.717) is 17.5 Å². The standard InChI is InChI=1S/C13H16N4O2/c1-8(6-9-2-3-9)14-13-15-11-5-4-10(17(18)19)7-12(11)16-13/h4-5,7-9H,2-3,6H2,1H3,(H2,14,15,16). The van der Waals surface area contributed by atoms with Gasteiger partial charge in [0, 0.05) is 18.2 Å². The number of benzene rings is 1. The predicted molar refractivity (Wildman–Crippen MR) is 73.2 cm³/mol. The molecule has 0 saturated heterocycles. The molecule has 1 aliphatic rings. The molecule has 0 spiro atoms. The molecule has 1 aromatic carbocycles.